The minimum absolute atomic E-state index is 0.161. The van der Waals surface area contributed by atoms with E-state index >= 15 is 0 Å². The molecule has 0 spiro atoms. The highest BCUT2D eigenvalue weighted by atomic mass is 16.5. The van der Waals surface area contributed by atoms with Crippen LogP contribution in [0.15, 0.2) is 24.5 Å². The van der Waals surface area contributed by atoms with E-state index in [1.165, 1.54) is 33.5 Å². The first kappa shape index (κ1) is 15.6. The molecule has 0 fully saturated rings. The number of ether oxygens (including phenoxy) is 2. The summed E-state index contributed by atoms with van der Waals surface area (Å²) >= 11 is 0. The van der Waals surface area contributed by atoms with E-state index in [9.17, 15) is 9.59 Å². The molecule has 0 radical (unpaired) electrons. The van der Waals surface area contributed by atoms with Gasteiger partial charge in [-0.2, -0.15) is 0 Å². The van der Waals surface area contributed by atoms with Gasteiger partial charge in [0.1, 0.15) is 11.4 Å². The van der Waals surface area contributed by atoms with Gasteiger partial charge in [0.2, 0.25) is 0 Å². The van der Waals surface area contributed by atoms with Crippen LogP contribution in [0, 0.1) is 6.92 Å². The number of Topliss-reactive ketones (excluding diaryl/α,β-unsaturated/α-hetero) is 1. The fraction of sp³-hybridized carbons (Fsp3) is 0.250. The number of pyridine rings is 2. The van der Waals surface area contributed by atoms with Gasteiger partial charge >= 0.3 is 5.97 Å². The predicted octanol–water partition coefficient (Wildman–Crippen LogP) is 2.45. The Hall–Kier alpha value is -2.76. The van der Waals surface area contributed by atoms with Gasteiger partial charge in [-0.15, -0.1) is 0 Å². The van der Waals surface area contributed by atoms with Crippen molar-refractivity contribution in [2.45, 2.75) is 13.8 Å². The van der Waals surface area contributed by atoms with Crippen molar-refractivity contribution < 1.29 is 19.1 Å². The third kappa shape index (κ3) is 2.81. The second-order valence-corrected chi connectivity index (χ2v) is 4.64. The van der Waals surface area contributed by atoms with Crippen LogP contribution in [0.1, 0.15) is 33.5 Å². The summed E-state index contributed by atoms with van der Waals surface area (Å²) in [5, 5.41) is 0. The third-order valence-electron chi connectivity index (χ3n) is 3.23. The smallest absolute Gasteiger partial charge is 0.340 e. The van der Waals surface area contributed by atoms with Crippen molar-refractivity contribution in [3.63, 3.8) is 0 Å². The van der Waals surface area contributed by atoms with Gasteiger partial charge in [0, 0.05) is 24.9 Å². The Labute approximate surface area is 128 Å². The SMILES string of the molecule is COC(=O)c1cnc(C)c(OC)c1-c1ccnc(C(C)=O)c1. The quantitative estimate of drug-likeness (QED) is 0.637. The summed E-state index contributed by atoms with van der Waals surface area (Å²) < 4.78 is 10.2. The molecule has 0 saturated carbocycles. The van der Waals surface area contributed by atoms with E-state index < -0.39 is 5.97 Å². The molecule has 6 heteroatoms. The van der Waals surface area contributed by atoms with Gasteiger partial charge in [-0.05, 0) is 24.6 Å². The first-order chi connectivity index (χ1) is 10.5. The molecule has 22 heavy (non-hydrogen) atoms. The maximum absolute atomic E-state index is 12.0. The lowest BCUT2D eigenvalue weighted by Gasteiger charge is -2.15. The highest BCUT2D eigenvalue weighted by Crippen LogP contribution is 2.35. The molecule has 0 amide bonds. The lowest BCUT2D eigenvalue weighted by atomic mass is 9.99. The van der Waals surface area contributed by atoms with Crippen molar-refractivity contribution in [2.24, 2.45) is 0 Å². The number of aryl methyl sites for hydroxylation is 1. The van der Waals surface area contributed by atoms with Crippen molar-refractivity contribution >= 4 is 11.8 Å². The van der Waals surface area contributed by atoms with Crippen LogP contribution >= 0.6 is 0 Å². The van der Waals surface area contributed by atoms with Crippen LogP contribution in [0.3, 0.4) is 0 Å². The number of hydrogen-bond acceptors (Lipinski definition) is 6. The normalized spacial score (nSPS) is 10.2. The van der Waals surface area contributed by atoms with E-state index in [4.69, 9.17) is 9.47 Å². The maximum Gasteiger partial charge on any atom is 0.340 e. The number of carbonyl (C=O) groups excluding carboxylic acids is 2. The standard InChI is InChI=1S/C16H16N2O4/c1-9-15(21-3)14(12(8-18-9)16(20)22-4)11-5-6-17-13(7-11)10(2)19/h5-8H,1-4H3. The number of rotatable bonds is 4. The second kappa shape index (κ2) is 6.34. The molecule has 2 aromatic rings. The highest BCUT2D eigenvalue weighted by Gasteiger charge is 2.21. The van der Waals surface area contributed by atoms with Gasteiger partial charge in [0.15, 0.2) is 5.78 Å². The molecule has 0 aliphatic heterocycles. The zero-order valence-electron chi connectivity index (χ0n) is 12.8. The molecular weight excluding hydrogens is 284 g/mol. The molecule has 0 atom stereocenters. The lowest BCUT2D eigenvalue weighted by molar-refractivity contribution is 0.0600. The maximum atomic E-state index is 12.0. The average molecular weight is 300 g/mol. The molecule has 2 heterocycles. The number of carbonyl (C=O) groups is 2. The van der Waals surface area contributed by atoms with Crippen molar-refractivity contribution in [1.29, 1.82) is 0 Å². The van der Waals surface area contributed by atoms with Crippen LogP contribution in [0.2, 0.25) is 0 Å². The first-order valence-electron chi connectivity index (χ1n) is 6.58. The molecule has 0 aromatic carbocycles. The summed E-state index contributed by atoms with van der Waals surface area (Å²) in [5.41, 5.74) is 2.39. The third-order valence-corrected chi connectivity index (χ3v) is 3.23. The monoisotopic (exact) mass is 300 g/mol. The summed E-state index contributed by atoms with van der Waals surface area (Å²) in [6, 6.07) is 3.32. The molecule has 0 aliphatic rings. The Bertz CT molecular complexity index is 741. The van der Waals surface area contributed by atoms with Gasteiger partial charge in [0.25, 0.3) is 0 Å². The van der Waals surface area contributed by atoms with E-state index in [1.807, 2.05) is 0 Å². The summed E-state index contributed by atoms with van der Waals surface area (Å²) in [6.07, 6.45) is 2.95. The largest absolute Gasteiger partial charge is 0.494 e. The van der Waals surface area contributed by atoms with E-state index in [0.717, 1.165) is 0 Å². The van der Waals surface area contributed by atoms with Gasteiger partial charge in [0.05, 0.1) is 25.5 Å². The minimum Gasteiger partial charge on any atom is -0.494 e. The molecule has 0 bridgehead atoms. The van der Waals surface area contributed by atoms with Gasteiger partial charge in [-0.1, -0.05) is 0 Å². The van der Waals surface area contributed by atoms with Gasteiger partial charge in [-0.3, -0.25) is 14.8 Å². The number of ketones is 1. The Morgan fingerprint density at radius 1 is 1.18 bits per heavy atom. The number of nitrogens with zero attached hydrogens (tertiary/aromatic N) is 2. The molecule has 0 saturated heterocycles. The topological polar surface area (TPSA) is 78.4 Å². The van der Waals surface area contributed by atoms with Crippen LogP contribution < -0.4 is 4.74 Å². The Balaban J connectivity index is 2.76. The van der Waals surface area contributed by atoms with Crippen LogP contribution in [-0.2, 0) is 4.74 Å². The molecule has 0 unspecified atom stereocenters. The fourth-order valence-electron chi connectivity index (χ4n) is 2.17. The molecule has 0 N–H and O–H groups in total. The van der Waals surface area contributed by atoms with Crippen molar-refractivity contribution in [2.75, 3.05) is 14.2 Å². The highest BCUT2D eigenvalue weighted by molar-refractivity contribution is 6.00. The van der Waals surface area contributed by atoms with E-state index in [-0.39, 0.29) is 11.3 Å². The fourth-order valence-corrected chi connectivity index (χ4v) is 2.17. The molecule has 6 nitrogen and oxygen atoms in total. The second-order valence-electron chi connectivity index (χ2n) is 4.64. The number of methoxy groups -OCH3 is 2. The van der Waals surface area contributed by atoms with E-state index in [2.05, 4.69) is 9.97 Å². The predicted molar refractivity (Wildman–Crippen MR) is 80.1 cm³/mol. The molecule has 0 aliphatic carbocycles. The van der Waals surface area contributed by atoms with E-state index in [0.29, 0.717) is 28.3 Å². The minimum atomic E-state index is -0.526. The lowest BCUT2D eigenvalue weighted by Crippen LogP contribution is -2.08. The molecule has 2 aromatic heterocycles. The Kier molecular flexibility index (Phi) is 4.50. The van der Waals surface area contributed by atoms with Crippen molar-refractivity contribution in [3.05, 3.63) is 41.5 Å². The van der Waals surface area contributed by atoms with Crippen LogP contribution in [0.25, 0.3) is 11.1 Å². The molecule has 114 valence electrons. The Morgan fingerprint density at radius 3 is 2.50 bits per heavy atom. The summed E-state index contributed by atoms with van der Waals surface area (Å²) in [6.45, 7) is 3.21. The zero-order valence-corrected chi connectivity index (χ0v) is 12.8. The number of esters is 1. The summed E-state index contributed by atoms with van der Waals surface area (Å²) in [4.78, 5) is 31.7. The summed E-state index contributed by atoms with van der Waals surface area (Å²) in [7, 11) is 2.80. The average Bonchev–Trinajstić information content (AvgIpc) is 2.53. The van der Waals surface area contributed by atoms with Crippen molar-refractivity contribution in [3.8, 4) is 16.9 Å². The summed E-state index contributed by atoms with van der Waals surface area (Å²) in [5.74, 6) is -0.225. The van der Waals surface area contributed by atoms with Crippen molar-refractivity contribution in [1.82, 2.24) is 9.97 Å². The zero-order chi connectivity index (χ0) is 16.3. The van der Waals surface area contributed by atoms with Gasteiger partial charge < -0.3 is 9.47 Å². The Morgan fingerprint density at radius 2 is 1.91 bits per heavy atom. The van der Waals surface area contributed by atoms with Crippen LogP contribution in [-0.4, -0.2) is 35.9 Å². The van der Waals surface area contributed by atoms with Gasteiger partial charge in [-0.25, -0.2) is 4.79 Å². The molecule has 2 rings (SSSR count). The van der Waals surface area contributed by atoms with Crippen LogP contribution in [0.5, 0.6) is 5.75 Å². The van der Waals surface area contributed by atoms with Crippen LogP contribution in [0.4, 0.5) is 0 Å². The van der Waals surface area contributed by atoms with E-state index in [1.54, 1.807) is 19.1 Å². The number of hydrogen-bond donors (Lipinski definition) is 0. The molecular formula is C16H16N2O4. The first-order valence-corrected chi connectivity index (χ1v) is 6.58. The number of aromatic nitrogens is 2.